The molecule has 60 heavy (non-hydrogen) atoms. The zero-order valence-electron chi connectivity index (χ0n) is 34.0. The third-order valence-corrected chi connectivity index (χ3v) is 11.5. The number of benzene rings is 2. The minimum Gasteiger partial charge on any atom is -0.453 e. The van der Waals surface area contributed by atoms with Crippen LogP contribution < -0.4 is 10.6 Å². The molecule has 4 atom stereocenters. The number of methoxy groups -OCH3 is 2. The van der Waals surface area contributed by atoms with Crippen LogP contribution in [0.1, 0.15) is 80.4 Å². The van der Waals surface area contributed by atoms with Crippen LogP contribution in [-0.2, 0) is 43.4 Å². The number of likely N-dealkylation sites (tertiary alicyclic amines) is 1. The third kappa shape index (κ3) is 8.34. The van der Waals surface area contributed by atoms with E-state index in [1.54, 1.807) is 22.1 Å². The fraction of sp³-hybridized carbons (Fsp3) is 0.419. The maximum absolute atomic E-state index is 14.0. The van der Waals surface area contributed by atoms with Crippen molar-refractivity contribution in [1.29, 1.82) is 0 Å². The molecule has 5 aromatic rings. The molecule has 314 valence electrons. The van der Waals surface area contributed by atoms with Crippen LogP contribution in [0.15, 0.2) is 65.3 Å². The maximum atomic E-state index is 14.0. The number of aromatic amines is 2. The minimum atomic E-state index is -0.908. The van der Waals surface area contributed by atoms with Crippen LogP contribution >= 0.6 is 0 Å². The zero-order valence-corrected chi connectivity index (χ0v) is 34.0. The number of nitrogens with zero attached hydrogens (tertiary/aromatic N) is 5. The second-order valence-electron chi connectivity index (χ2n) is 15.7. The number of alkyl carbamates (subject to hydrolysis) is 2. The lowest BCUT2D eigenvalue weighted by Gasteiger charge is -2.30. The summed E-state index contributed by atoms with van der Waals surface area (Å²) in [7, 11) is 2.54. The van der Waals surface area contributed by atoms with E-state index in [1.807, 2.05) is 38.1 Å². The van der Waals surface area contributed by atoms with Gasteiger partial charge in [0, 0.05) is 31.1 Å². The molecule has 8 rings (SSSR count). The van der Waals surface area contributed by atoms with Crippen LogP contribution in [0.3, 0.4) is 0 Å². The van der Waals surface area contributed by atoms with Crippen molar-refractivity contribution in [3.05, 3.63) is 89.6 Å². The van der Waals surface area contributed by atoms with Gasteiger partial charge in [0.15, 0.2) is 5.76 Å². The summed E-state index contributed by atoms with van der Waals surface area (Å²) >= 11 is 0. The Morgan fingerprint density at radius 1 is 0.850 bits per heavy atom. The zero-order chi connectivity index (χ0) is 41.9. The monoisotopic (exact) mass is 819 g/mol. The van der Waals surface area contributed by atoms with E-state index in [2.05, 4.69) is 55.0 Å². The van der Waals surface area contributed by atoms with Gasteiger partial charge in [-0.1, -0.05) is 67.5 Å². The minimum absolute atomic E-state index is 0.117. The van der Waals surface area contributed by atoms with Crippen LogP contribution in [0, 0.1) is 5.92 Å². The number of nitrogens with one attached hydrogen (secondary N) is 4. The number of hydrogen-bond acceptors (Lipinski definition) is 11. The molecule has 3 aromatic heterocycles. The quantitative estimate of drug-likeness (QED) is 0.146. The number of aromatic nitrogens is 5. The fourth-order valence-electron chi connectivity index (χ4n) is 8.34. The van der Waals surface area contributed by atoms with E-state index in [-0.39, 0.29) is 49.5 Å². The molecule has 4 amide bonds. The lowest BCUT2D eigenvalue weighted by atomic mass is 10.0. The van der Waals surface area contributed by atoms with Gasteiger partial charge in [0.25, 0.3) is 0 Å². The lowest BCUT2D eigenvalue weighted by Crippen LogP contribution is -2.51. The Hall–Kier alpha value is -6.49. The van der Waals surface area contributed by atoms with Crippen molar-refractivity contribution in [3.8, 4) is 33.6 Å². The van der Waals surface area contributed by atoms with Crippen LogP contribution in [0.25, 0.3) is 33.6 Å². The Balaban J connectivity index is 0.990. The number of carbonyl (C=O) groups excluding carboxylic acids is 4. The Kier molecular flexibility index (Phi) is 11.7. The van der Waals surface area contributed by atoms with Gasteiger partial charge in [-0.05, 0) is 48.3 Å². The number of imidazole rings is 2. The van der Waals surface area contributed by atoms with Gasteiger partial charge in [-0.15, -0.1) is 0 Å². The average Bonchev–Trinajstić information content (AvgIpc) is 4.12. The van der Waals surface area contributed by atoms with E-state index in [0.29, 0.717) is 42.6 Å². The van der Waals surface area contributed by atoms with E-state index in [4.69, 9.17) is 23.7 Å². The van der Waals surface area contributed by atoms with Crippen molar-refractivity contribution in [2.75, 3.05) is 27.3 Å². The molecular weight excluding hydrogens is 771 g/mol. The number of ether oxygens (including phenoxy) is 3. The summed E-state index contributed by atoms with van der Waals surface area (Å²) < 4.78 is 21.2. The summed E-state index contributed by atoms with van der Waals surface area (Å²) in [5, 5.41) is 9.49. The molecule has 6 heterocycles. The van der Waals surface area contributed by atoms with Gasteiger partial charge in [0.05, 0.1) is 61.9 Å². The molecular formula is C43H49N9O8. The molecule has 0 aliphatic carbocycles. The Morgan fingerprint density at radius 3 is 2.25 bits per heavy atom. The number of hydrogen-bond donors (Lipinski definition) is 4. The first-order valence-corrected chi connectivity index (χ1v) is 20.3. The predicted octanol–water partition coefficient (Wildman–Crippen LogP) is 5.83. The van der Waals surface area contributed by atoms with Crippen molar-refractivity contribution >= 4 is 24.0 Å². The van der Waals surface area contributed by atoms with Crippen molar-refractivity contribution in [3.63, 3.8) is 0 Å². The summed E-state index contributed by atoms with van der Waals surface area (Å²) in [6, 6.07) is 15.9. The highest BCUT2D eigenvalue weighted by Crippen LogP contribution is 2.36. The number of H-pyrrole nitrogens is 2. The first-order chi connectivity index (χ1) is 29.1. The molecule has 0 saturated carbocycles. The Labute approximate surface area is 346 Å². The van der Waals surface area contributed by atoms with Gasteiger partial charge in [0.2, 0.25) is 11.8 Å². The molecule has 2 aromatic carbocycles. The third-order valence-electron chi connectivity index (χ3n) is 11.5. The van der Waals surface area contributed by atoms with E-state index < -0.39 is 24.3 Å². The largest absolute Gasteiger partial charge is 0.453 e. The van der Waals surface area contributed by atoms with Gasteiger partial charge in [-0.3, -0.25) is 9.59 Å². The first kappa shape index (κ1) is 40.3. The number of rotatable bonds is 8. The van der Waals surface area contributed by atoms with Gasteiger partial charge in [-0.2, -0.15) is 0 Å². The van der Waals surface area contributed by atoms with E-state index in [1.165, 1.54) is 14.2 Å². The highest BCUT2D eigenvalue weighted by Gasteiger charge is 2.39. The molecule has 4 N–H and O–H groups in total. The normalized spacial score (nSPS) is 19.8. The smallest absolute Gasteiger partial charge is 0.407 e. The first-order valence-electron chi connectivity index (χ1n) is 20.3. The number of carbonyl (C=O) groups is 4. The maximum Gasteiger partial charge on any atom is 0.407 e. The van der Waals surface area contributed by atoms with E-state index in [0.717, 1.165) is 58.6 Å². The van der Waals surface area contributed by atoms with E-state index in [9.17, 15) is 19.2 Å². The lowest BCUT2D eigenvalue weighted by molar-refractivity contribution is -0.135. The summed E-state index contributed by atoms with van der Waals surface area (Å²) in [6.07, 6.45) is 3.68. The summed E-state index contributed by atoms with van der Waals surface area (Å²) in [5.41, 5.74) is 6.73. The molecule has 2 fully saturated rings. The average molecular weight is 820 g/mol. The highest BCUT2D eigenvalue weighted by atomic mass is 16.5. The number of fused-ring (bicyclic) bond motifs is 6. The molecule has 17 heteroatoms. The van der Waals surface area contributed by atoms with Crippen LogP contribution in [0.4, 0.5) is 9.59 Å². The summed E-state index contributed by atoms with van der Waals surface area (Å²) in [5.74, 6) is 1.34. The predicted molar refractivity (Wildman–Crippen MR) is 217 cm³/mol. The van der Waals surface area contributed by atoms with Gasteiger partial charge in [-0.25, -0.2) is 19.6 Å². The molecule has 17 nitrogen and oxygen atoms in total. The molecule has 3 aliphatic heterocycles. The molecule has 2 saturated heterocycles. The highest BCUT2D eigenvalue weighted by molar-refractivity contribution is 5.87. The van der Waals surface area contributed by atoms with Crippen molar-refractivity contribution in [2.24, 2.45) is 5.92 Å². The Morgan fingerprint density at radius 2 is 1.53 bits per heavy atom. The van der Waals surface area contributed by atoms with Crippen molar-refractivity contribution in [2.45, 2.75) is 83.3 Å². The second-order valence-corrected chi connectivity index (χ2v) is 15.7. The van der Waals surface area contributed by atoms with Crippen molar-refractivity contribution < 1.29 is 37.9 Å². The SMILES string of the molecule is COC(=O)N[C@H]1Cc2cc(on2)COCc2[nH]c(nc2-c2ccc(-c3ccc(-c4cnc([C@@H]5CCCN5C(=O)[C@@H](NC(=O)OC)C(C)C)[nH]4)cc3)cc2)[C@@H]2CCCN2C1=O. The summed E-state index contributed by atoms with van der Waals surface area (Å²) in [6.45, 7) is 5.27. The van der Waals surface area contributed by atoms with E-state index >= 15 is 0 Å². The summed E-state index contributed by atoms with van der Waals surface area (Å²) in [4.78, 5) is 72.0. The molecule has 4 bridgehead atoms. The molecule has 0 unspecified atom stereocenters. The number of amides is 4. The topological polar surface area (TPSA) is 210 Å². The van der Waals surface area contributed by atoms with Gasteiger partial charge in [0.1, 0.15) is 30.3 Å². The molecule has 3 aliphatic rings. The van der Waals surface area contributed by atoms with Crippen molar-refractivity contribution in [1.82, 2.24) is 45.5 Å². The molecule has 0 radical (unpaired) electrons. The molecule has 0 spiro atoms. The van der Waals surface area contributed by atoms with Crippen LogP contribution in [-0.4, -0.2) is 98.3 Å². The van der Waals surface area contributed by atoms with Gasteiger partial charge >= 0.3 is 12.2 Å². The van der Waals surface area contributed by atoms with Crippen LogP contribution in [0.2, 0.25) is 0 Å². The fourth-order valence-corrected chi connectivity index (χ4v) is 8.34. The Bertz CT molecular complexity index is 2330. The standard InChI is InChI=1S/C43H49N9O8/c1-24(2)36(49-43(56)58-4)41(54)52-18-5-7-34(52)38-44-21-32(45-38)27-13-9-25(10-14-27)26-11-15-28(16-12-26)37-33-23-59-22-30-19-29(50-60-30)20-31(47-42(55)57-3)40(53)51-17-6-8-35(51)39(46-33)48-37/h9-16,19,21,24,31,34-36H,5-8,17-18,20,22-23H2,1-4H3,(H,44,45)(H,46,48)(H,47,55)(H,49,56)/t31-,34-,35-,36-/m0/s1. The van der Waals surface area contributed by atoms with Gasteiger partial charge < -0.3 is 49.1 Å². The second kappa shape index (κ2) is 17.4. The van der Waals surface area contributed by atoms with Crippen LogP contribution in [0.5, 0.6) is 0 Å².